The largest absolute Gasteiger partial charge is 0.494 e. The number of nitrogens with zero attached hydrogens (tertiary/aromatic N) is 2. The lowest BCUT2D eigenvalue weighted by atomic mass is 9.96. The minimum Gasteiger partial charge on any atom is -0.494 e. The van der Waals surface area contributed by atoms with Gasteiger partial charge in [-0.2, -0.15) is 0 Å². The number of esters is 1. The SMILES string of the molecule is CCCOc1ccc(C=c2sc3n(c2=O)C(c2ccc(SC)cc2)C(C(=O)OCC)=C(C)N=3)cc1. The third kappa shape index (κ3) is 5.28. The maximum absolute atomic E-state index is 13.6. The third-order valence-electron chi connectivity index (χ3n) is 5.60. The van der Waals surface area contributed by atoms with Crippen molar-refractivity contribution in [2.45, 2.75) is 38.1 Å². The second kappa shape index (κ2) is 11.1. The molecule has 0 fully saturated rings. The molecule has 4 rings (SSSR count). The summed E-state index contributed by atoms with van der Waals surface area (Å²) in [6.07, 6.45) is 4.80. The monoisotopic (exact) mass is 508 g/mol. The summed E-state index contributed by atoms with van der Waals surface area (Å²) in [4.78, 5) is 32.9. The molecule has 0 aliphatic carbocycles. The van der Waals surface area contributed by atoms with Crippen LogP contribution in [0, 0.1) is 0 Å². The molecule has 1 unspecified atom stereocenters. The number of aromatic nitrogens is 1. The molecule has 35 heavy (non-hydrogen) atoms. The van der Waals surface area contributed by atoms with Crippen LogP contribution < -0.4 is 19.6 Å². The number of thiazole rings is 1. The fraction of sp³-hybridized carbons (Fsp3) is 0.296. The lowest BCUT2D eigenvalue weighted by Gasteiger charge is -2.24. The summed E-state index contributed by atoms with van der Waals surface area (Å²) in [5, 5.41) is 0. The molecule has 0 radical (unpaired) electrons. The van der Waals surface area contributed by atoms with E-state index in [1.54, 1.807) is 30.2 Å². The molecule has 2 heterocycles. The van der Waals surface area contributed by atoms with Crippen LogP contribution in [-0.4, -0.2) is 30.0 Å². The van der Waals surface area contributed by atoms with Crippen molar-refractivity contribution in [3.8, 4) is 5.75 Å². The lowest BCUT2D eigenvalue weighted by Crippen LogP contribution is -2.39. The van der Waals surface area contributed by atoms with E-state index in [0.717, 1.165) is 28.2 Å². The van der Waals surface area contributed by atoms with E-state index in [1.165, 1.54) is 11.3 Å². The highest BCUT2D eigenvalue weighted by molar-refractivity contribution is 7.98. The van der Waals surface area contributed by atoms with E-state index in [-0.39, 0.29) is 12.2 Å². The Kier molecular flexibility index (Phi) is 7.93. The van der Waals surface area contributed by atoms with Gasteiger partial charge in [0.15, 0.2) is 4.80 Å². The molecule has 6 nitrogen and oxygen atoms in total. The number of hydrogen-bond donors (Lipinski definition) is 0. The van der Waals surface area contributed by atoms with Crippen molar-refractivity contribution in [1.29, 1.82) is 0 Å². The quantitative estimate of drug-likeness (QED) is 0.335. The molecule has 0 bridgehead atoms. The molecule has 1 aromatic heterocycles. The van der Waals surface area contributed by atoms with E-state index in [4.69, 9.17) is 9.47 Å². The number of rotatable bonds is 8. The minimum absolute atomic E-state index is 0.187. The molecule has 3 aromatic rings. The average Bonchev–Trinajstić information content (AvgIpc) is 3.17. The highest BCUT2D eigenvalue weighted by Crippen LogP contribution is 2.31. The first kappa shape index (κ1) is 25.0. The van der Waals surface area contributed by atoms with E-state index >= 15 is 0 Å². The number of allylic oxidation sites excluding steroid dienone is 1. The molecule has 2 aromatic carbocycles. The van der Waals surface area contributed by atoms with Crippen molar-refractivity contribution in [2.24, 2.45) is 4.99 Å². The molecular formula is C27H28N2O4S2. The van der Waals surface area contributed by atoms with Crippen LogP contribution in [-0.2, 0) is 9.53 Å². The second-order valence-corrected chi connectivity index (χ2v) is 9.88. The molecule has 1 atom stereocenters. The van der Waals surface area contributed by atoms with E-state index in [9.17, 15) is 9.59 Å². The topological polar surface area (TPSA) is 69.9 Å². The molecule has 0 saturated carbocycles. The Morgan fingerprint density at radius 2 is 1.86 bits per heavy atom. The lowest BCUT2D eigenvalue weighted by molar-refractivity contribution is -0.139. The fourth-order valence-corrected chi connectivity index (χ4v) is 5.38. The first-order valence-corrected chi connectivity index (χ1v) is 13.6. The summed E-state index contributed by atoms with van der Waals surface area (Å²) in [5.74, 6) is 0.346. The van der Waals surface area contributed by atoms with Gasteiger partial charge in [0.1, 0.15) is 5.75 Å². The maximum atomic E-state index is 13.6. The summed E-state index contributed by atoms with van der Waals surface area (Å²) in [7, 11) is 0. The van der Waals surface area contributed by atoms with Gasteiger partial charge in [-0.1, -0.05) is 42.5 Å². The van der Waals surface area contributed by atoms with Gasteiger partial charge in [-0.3, -0.25) is 9.36 Å². The van der Waals surface area contributed by atoms with Crippen LogP contribution >= 0.6 is 23.1 Å². The smallest absolute Gasteiger partial charge is 0.338 e. The highest BCUT2D eigenvalue weighted by Gasteiger charge is 2.33. The Morgan fingerprint density at radius 3 is 2.49 bits per heavy atom. The van der Waals surface area contributed by atoms with Crippen LogP contribution in [0.4, 0.5) is 0 Å². The molecular weight excluding hydrogens is 480 g/mol. The summed E-state index contributed by atoms with van der Waals surface area (Å²) in [6, 6.07) is 15.0. The Labute approximate surface area is 212 Å². The number of hydrogen-bond acceptors (Lipinski definition) is 7. The molecule has 0 saturated heterocycles. The zero-order chi connectivity index (χ0) is 24.9. The molecule has 0 amide bonds. The Balaban J connectivity index is 1.83. The van der Waals surface area contributed by atoms with Crippen LogP contribution in [0.25, 0.3) is 6.08 Å². The van der Waals surface area contributed by atoms with Gasteiger partial charge < -0.3 is 9.47 Å². The van der Waals surface area contributed by atoms with Crippen LogP contribution in [0.5, 0.6) is 5.75 Å². The number of thioether (sulfide) groups is 1. The van der Waals surface area contributed by atoms with Crippen molar-refractivity contribution >= 4 is 35.1 Å². The molecule has 0 spiro atoms. The first-order chi connectivity index (χ1) is 17.0. The number of carbonyl (C=O) groups excluding carboxylic acids is 1. The summed E-state index contributed by atoms with van der Waals surface area (Å²) >= 11 is 2.96. The van der Waals surface area contributed by atoms with Crippen LogP contribution in [0.3, 0.4) is 0 Å². The van der Waals surface area contributed by atoms with E-state index < -0.39 is 12.0 Å². The van der Waals surface area contributed by atoms with Gasteiger partial charge in [0.2, 0.25) is 0 Å². The normalized spacial score (nSPS) is 15.5. The van der Waals surface area contributed by atoms with Gasteiger partial charge in [-0.15, -0.1) is 11.8 Å². The summed E-state index contributed by atoms with van der Waals surface area (Å²) in [6.45, 7) is 6.53. The van der Waals surface area contributed by atoms with Gasteiger partial charge in [-0.05, 0) is 68.0 Å². The van der Waals surface area contributed by atoms with Gasteiger partial charge in [-0.25, -0.2) is 9.79 Å². The van der Waals surface area contributed by atoms with Crippen molar-refractivity contribution in [3.63, 3.8) is 0 Å². The predicted molar refractivity (Wildman–Crippen MR) is 141 cm³/mol. The third-order valence-corrected chi connectivity index (χ3v) is 7.33. The summed E-state index contributed by atoms with van der Waals surface area (Å²) < 4.78 is 13.2. The molecule has 0 N–H and O–H groups in total. The Hall–Kier alpha value is -3.10. The predicted octanol–water partition coefficient (Wildman–Crippen LogP) is 4.31. The second-order valence-electron chi connectivity index (χ2n) is 7.99. The van der Waals surface area contributed by atoms with Crippen LogP contribution in [0.1, 0.15) is 44.4 Å². The van der Waals surface area contributed by atoms with Gasteiger partial charge >= 0.3 is 5.97 Å². The fourth-order valence-electron chi connectivity index (χ4n) is 3.92. The molecule has 1 aliphatic rings. The minimum atomic E-state index is -0.604. The Bertz CT molecular complexity index is 1420. The highest BCUT2D eigenvalue weighted by atomic mass is 32.2. The zero-order valence-electron chi connectivity index (χ0n) is 20.2. The Morgan fingerprint density at radius 1 is 1.14 bits per heavy atom. The van der Waals surface area contributed by atoms with E-state index in [2.05, 4.69) is 11.9 Å². The summed E-state index contributed by atoms with van der Waals surface area (Å²) in [5.41, 5.74) is 2.49. The standard InChI is InChI=1S/C27H28N2O4S2/c1-5-15-33-20-11-7-18(8-12-20)16-22-25(30)29-24(19-9-13-21(34-4)14-10-19)23(26(31)32-6-2)17(3)28-27(29)35-22/h7-14,16,24H,5-6,15H2,1-4H3. The average molecular weight is 509 g/mol. The van der Waals surface area contributed by atoms with Crippen molar-refractivity contribution in [2.75, 3.05) is 19.5 Å². The number of fused-ring (bicyclic) bond motifs is 1. The van der Waals surface area contributed by atoms with Crippen molar-refractivity contribution in [3.05, 3.63) is 90.6 Å². The zero-order valence-corrected chi connectivity index (χ0v) is 21.9. The van der Waals surface area contributed by atoms with Gasteiger partial charge in [0, 0.05) is 4.90 Å². The number of carbonyl (C=O) groups is 1. The van der Waals surface area contributed by atoms with Gasteiger partial charge in [0.05, 0.1) is 35.1 Å². The van der Waals surface area contributed by atoms with Crippen molar-refractivity contribution in [1.82, 2.24) is 4.57 Å². The maximum Gasteiger partial charge on any atom is 0.338 e. The molecule has 182 valence electrons. The van der Waals surface area contributed by atoms with E-state index in [0.29, 0.717) is 27.2 Å². The van der Waals surface area contributed by atoms with E-state index in [1.807, 2.05) is 60.9 Å². The van der Waals surface area contributed by atoms with Gasteiger partial charge in [0.25, 0.3) is 5.56 Å². The van der Waals surface area contributed by atoms with Crippen molar-refractivity contribution < 1.29 is 14.3 Å². The number of benzene rings is 2. The molecule has 8 heteroatoms. The number of ether oxygens (including phenoxy) is 2. The first-order valence-electron chi connectivity index (χ1n) is 11.5. The molecule has 1 aliphatic heterocycles. The van der Waals surface area contributed by atoms with Crippen LogP contribution in [0.2, 0.25) is 0 Å². The van der Waals surface area contributed by atoms with Crippen LogP contribution in [0.15, 0.2) is 74.5 Å².